The van der Waals surface area contributed by atoms with Crippen molar-refractivity contribution in [1.29, 1.82) is 0 Å². The molecule has 126 valence electrons. The molecule has 1 fully saturated rings. The molecule has 1 aromatic carbocycles. The van der Waals surface area contributed by atoms with Crippen LogP contribution < -0.4 is 5.32 Å². The third kappa shape index (κ3) is 3.83. The minimum absolute atomic E-state index is 0.0934. The second-order valence-corrected chi connectivity index (χ2v) is 6.57. The van der Waals surface area contributed by atoms with Gasteiger partial charge in [0.25, 0.3) is 0 Å². The molecule has 1 aromatic rings. The molecular weight excluding hydrogens is 321 g/mol. The molecule has 0 saturated heterocycles. The van der Waals surface area contributed by atoms with Crippen LogP contribution in [-0.4, -0.2) is 24.5 Å². The van der Waals surface area contributed by atoms with Gasteiger partial charge >= 0.3 is 5.97 Å². The second-order valence-electron chi connectivity index (χ2n) is 6.13. The molecule has 1 atom stereocenters. The van der Waals surface area contributed by atoms with Crippen molar-refractivity contribution in [2.24, 2.45) is 5.92 Å². The fourth-order valence-corrected chi connectivity index (χ4v) is 3.18. The average molecular weight is 342 g/mol. The van der Waals surface area contributed by atoms with Gasteiger partial charge < -0.3 is 10.1 Å². The fourth-order valence-electron chi connectivity index (χ4n) is 2.95. The lowest BCUT2D eigenvalue weighted by atomic mass is 9.77. The standard InChI is InChI=1S/C17H21ClFNO3/c1-11-7-9-17(10-8-11,16(22)23-2)20-15(21)14(18)12-5-3-4-6-13(12)19/h3-6,11,14H,7-10H2,1-2H3,(H,20,21). The van der Waals surface area contributed by atoms with Gasteiger partial charge in [-0.15, -0.1) is 11.6 Å². The van der Waals surface area contributed by atoms with Crippen LogP contribution in [0.5, 0.6) is 0 Å². The number of esters is 1. The largest absolute Gasteiger partial charge is 0.467 e. The normalized spacial score (nSPS) is 25.5. The highest BCUT2D eigenvalue weighted by atomic mass is 35.5. The number of rotatable bonds is 4. The Balaban J connectivity index is 2.18. The summed E-state index contributed by atoms with van der Waals surface area (Å²) < 4.78 is 18.7. The molecule has 1 saturated carbocycles. The zero-order chi connectivity index (χ0) is 17.0. The molecule has 0 radical (unpaired) electrons. The molecule has 0 aromatic heterocycles. The molecule has 0 bridgehead atoms. The van der Waals surface area contributed by atoms with Gasteiger partial charge in [0.2, 0.25) is 5.91 Å². The number of alkyl halides is 1. The minimum Gasteiger partial charge on any atom is -0.467 e. The molecule has 1 aliphatic carbocycles. The van der Waals surface area contributed by atoms with E-state index in [-0.39, 0.29) is 5.56 Å². The number of benzene rings is 1. The molecule has 2 rings (SSSR count). The fraction of sp³-hybridized carbons (Fsp3) is 0.529. The lowest BCUT2D eigenvalue weighted by molar-refractivity contribution is -0.153. The van der Waals surface area contributed by atoms with Crippen molar-refractivity contribution in [1.82, 2.24) is 5.32 Å². The molecule has 1 amide bonds. The lowest BCUT2D eigenvalue weighted by Gasteiger charge is -2.37. The van der Waals surface area contributed by atoms with Crippen LogP contribution in [0.3, 0.4) is 0 Å². The van der Waals surface area contributed by atoms with Crippen LogP contribution in [-0.2, 0) is 14.3 Å². The molecular formula is C17H21ClFNO3. The maximum absolute atomic E-state index is 13.8. The Morgan fingerprint density at radius 3 is 2.52 bits per heavy atom. The monoisotopic (exact) mass is 341 g/mol. The van der Waals surface area contributed by atoms with Gasteiger partial charge in [-0.25, -0.2) is 9.18 Å². The molecule has 0 heterocycles. The van der Waals surface area contributed by atoms with Crippen molar-refractivity contribution >= 4 is 23.5 Å². The van der Waals surface area contributed by atoms with Gasteiger partial charge in [0.1, 0.15) is 16.7 Å². The Hall–Kier alpha value is -1.62. The third-order valence-electron chi connectivity index (χ3n) is 4.47. The van der Waals surface area contributed by atoms with E-state index in [0.717, 1.165) is 12.8 Å². The van der Waals surface area contributed by atoms with E-state index in [1.165, 1.54) is 25.3 Å². The topological polar surface area (TPSA) is 55.4 Å². The molecule has 23 heavy (non-hydrogen) atoms. The van der Waals surface area contributed by atoms with Gasteiger partial charge in [-0.1, -0.05) is 25.1 Å². The maximum atomic E-state index is 13.8. The number of hydrogen-bond donors (Lipinski definition) is 1. The Morgan fingerprint density at radius 2 is 1.96 bits per heavy atom. The summed E-state index contributed by atoms with van der Waals surface area (Å²) in [5.74, 6) is -1.12. The van der Waals surface area contributed by atoms with Crippen molar-refractivity contribution in [3.05, 3.63) is 35.6 Å². The first kappa shape index (κ1) is 17.7. The number of ether oxygens (including phenoxy) is 1. The van der Waals surface area contributed by atoms with E-state index < -0.39 is 28.6 Å². The Bertz CT molecular complexity index is 585. The zero-order valence-electron chi connectivity index (χ0n) is 13.3. The summed E-state index contributed by atoms with van der Waals surface area (Å²) in [6.07, 6.45) is 2.60. The van der Waals surface area contributed by atoms with Crippen molar-refractivity contribution < 1.29 is 18.7 Å². The number of carbonyl (C=O) groups excluding carboxylic acids is 2. The van der Waals surface area contributed by atoms with Crippen molar-refractivity contribution in [3.63, 3.8) is 0 Å². The van der Waals surface area contributed by atoms with Crippen molar-refractivity contribution in [2.75, 3.05) is 7.11 Å². The van der Waals surface area contributed by atoms with Crippen LogP contribution in [0.2, 0.25) is 0 Å². The lowest BCUT2D eigenvalue weighted by Crippen LogP contribution is -2.57. The van der Waals surface area contributed by atoms with Crippen LogP contribution >= 0.6 is 11.6 Å². The van der Waals surface area contributed by atoms with Crippen molar-refractivity contribution in [2.45, 2.75) is 43.5 Å². The van der Waals surface area contributed by atoms with Gasteiger partial charge in [0, 0.05) is 5.56 Å². The SMILES string of the molecule is COC(=O)C1(NC(=O)C(Cl)c2ccccc2F)CCC(C)CC1. The summed E-state index contributed by atoms with van der Waals surface area (Å²) in [5, 5.41) is 1.52. The first-order chi connectivity index (χ1) is 10.9. The number of methoxy groups -OCH3 is 1. The molecule has 1 unspecified atom stereocenters. The zero-order valence-corrected chi connectivity index (χ0v) is 14.0. The Kier molecular flexibility index (Phi) is 5.63. The van der Waals surface area contributed by atoms with Crippen LogP contribution in [0.25, 0.3) is 0 Å². The van der Waals surface area contributed by atoms with Crippen LogP contribution in [0, 0.1) is 11.7 Å². The van der Waals surface area contributed by atoms with E-state index in [2.05, 4.69) is 12.2 Å². The average Bonchev–Trinajstić information content (AvgIpc) is 2.56. The van der Waals surface area contributed by atoms with E-state index in [1.807, 2.05) is 0 Å². The van der Waals surface area contributed by atoms with Gasteiger partial charge in [-0.05, 0) is 37.7 Å². The molecule has 0 spiro atoms. The first-order valence-electron chi connectivity index (χ1n) is 7.68. The highest BCUT2D eigenvalue weighted by molar-refractivity contribution is 6.31. The quantitative estimate of drug-likeness (QED) is 0.675. The van der Waals surface area contributed by atoms with Gasteiger partial charge in [0.15, 0.2) is 0 Å². The number of amides is 1. The Labute approximate surface area is 140 Å². The van der Waals surface area contributed by atoms with Crippen LogP contribution in [0.4, 0.5) is 4.39 Å². The molecule has 4 nitrogen and oxygen atoms in total. The molecule has 1 N–H and O–H groups in total. The van der Waals surface area contributed by atoms with Gasteiger partial charge in [-0.2, -0.15) is 0 Å². The maximum Gasteiger partial charge on any atom is 0.331 e. The summed E-state index contributed by atoms with van der Waals surface area (Å²) in [4.78, 5) is 24.7. The second kappa shape index (κ2) is 7.30. The summed E-state index contributed by atoms with van der Waals surface area (Å²) in [6, 6.07) is 5.84. The van der Waals surface area contributed by atoms with Crippen LogP contribution in [0.15, 0.2) is 24.3 Å². The van der Waals surface area contributed by atoms with Gasteiger partial charge in [-0.3, -0.25) is 4.79 Å². The third-order valence-corrected chi connectivity index (χ3v) is 4.91. The number of hydrogen-bond acceptors (Lipinski definition) is 3. The van der Waals surface area contributed by atoms with Crippen molar-refractivity contribution in [3.8, 4) is 0 Å². The van der Waals surface area contributed by atoms with E-state index in [9.17, 15) is 14.0 Å². The summed E-state index contributed by atoms with van der Waals surface area (Å²) >= 11 is 6.12. The smallest absolute Gasteiger partial charge is 0.331 e. The number of carbonyl (C=O) groups is 2. The predicted molar refractivity (Wildman–Crippen MR) is 85.5 cm³/mol. The summed E-state index contributed by atoms with van der Waals surface area (Å²) in [5.41, 5.74) is -0.979. The highest BCUT2D eigenvalue weighted by Gasteiger charge is 2.44. The summed E-state index contributed by atoms with van der Waals surface area (Å²) in [7, 11) is 1.29. The van der Waals surface area contributed by atoms with Gasteiger partial charge in [0.05, 0.1) is 7.11 Å². The van der Waals surface area contributed by atoms with E-state index in [1.54, 1.807) is 6.07 Å². The summed E-state index contributed by atoms with van der Waals surface area (Å²) in [6.45, 7) is 2.10. The Morgan fingerprint density at radius 1 is 1.35 bits per heavy atom. The molecule has 1 aliphatic rings. The first-order valence-corrected chi connectivity index (χ1v) is 8.12. The molecule has 6 heteroatoms. The highest BCUT2D eigenvalue weighted by Crippen LogP contribution is 2.34. The molecule has 0 aliphatic heterocycles. The predicted octanol–water partition coefficient (Wildman–Crippen LogP) is 3.34. The minimum atomic E-state index is -1.20. The van der Waals surface area contributed by atoms with E-state index in [4.69, 9.17) is 16.3 Å². The number of nitrogens with one attached hydrogen (secondary N) is 1. The van der Waals surface area contributed by atoms with E-state index in [0.29, 0.717) is 18.8 Å². The van der Waals surface area contributed by atoms with Crippen LogP contribution in [0.1, 0.15) is 43.5 Å². The van der Waals surface area contributed by atoms with E-state index >= 15 is 0 Å². The number of halogens is 2.